The maximum absolute atomic E-state index is 5.97. The van der Waals surface area contributed by atoms with Gasteiger partial charge in [0.05, 0.1) is 17.5 Å². The van der Waals surface area contributed by atoms with Gasteiger partial charge in [0, 0.05) is 19.6 Å². The molecule has 0 N–H and O–H groups in total. The number of nitrogens with zero attached hydrogens (tertiary/aromatic N) is 1. The van der Waals surface area contributed by atoms with Crippen molar-refractivity contribution in [3.05, 3.63) is 71.8 Å². The van der Waals surface area contributed by atoms with Crippen LogP contribution in [-0.4, -0.2) is 30.7 Å². The van der Waals surface area contributed by atoms with Gasteiger partial charge in [0.15, 0.2) is 0 Å². The minimum Gasteiger partial charge on any atom is -0.374 e. The highest BCUT2D eigenvalue weighted by molar-refractivity contribution is 9.09. The van der Waals surface area contributed by atoms with Gasteiger partial charge in [0.1, 0.15) is 0 Å². The lowest BCUT2D eigenvalue weighted by Gasteiger charge is -2.35. The molecule has 1 heterocycles. The van der Waals surface area contributed by atoms with Crippen molar-refractivity contribution in [2.24, 2.45) is 0 Å². The largest absolute Gasteiger partial charge is 0.374 e. The van der Waals surface area contributed by atoms with Crippen LogP contribution in [0.25, 0.3) is 0 Å². The maximum Gasteiger partial charge on any atom is 0.0868 e. The van der Waals surface area contributed by atoms with Crippen molar-refractivity contribution in [2.75, 3.05) is 19.7 Å². The third-order valence-electron chi connectivity index (χ3n) is 3.87. The van der Waals surface area contributed by atoms with Gasteiger partial charge < -0.3 is 4.74 Å². The Morgan fingerprint density at radius 3 is 2.43 bits per heavy atom. The molecule has 110 valence electrons. The Morgan fingerprint density at radius 1 is 1.05 bits per heavy atom. The summed E-state index contributed by atoms with van der Waals surface area (Å²) in [5.74, 6) is 0. The summed E-state index contributed by atoms with van der Waals surface area (Å²) >= 11 is 3.81. The summed E-state index contributed by atoms with van der Waals surface area (Å²) in [6.45, 7) is 3.75. The minimum absolute atomic E-state index is 0.199. The Hall–Kier alpha value is -1.16. The number of halogens is 1. The second-order valence-corrected chi connectivity index (χ2v) is 6.43. The van der Waals surface area contributed by atoms with E-state index in [0.717, 1.165) is 26.2 Å². The van der Waals surface area contributed by atoms with Gasteiger partial charge in [0.25, 0.3) is 0 Å². The van der Waals surface area contributed by atoms with E-state index in [4.69, 9.17) is 4.74 Å². The molecule has 0 unspecified atom stereocenters. The van der Waals surface area contributed by atoms with Crippen molar-refractivity contribution >= 4 is 15.9 Å². The number of rotatable bonds is 4. The van der Waals surface area contributed by atoms with E-state index in [1.165, 1.54) is 11.1 Å². The van der Waals surface area contributed by atoms with E-state index in [9.17, 15) is 0 Å². The van der Waals surface area contributed by atoms with Gasteiger partial charge in [-0.25, -0.2) is 0 Å². The zero-order valence-electron chi connectivity index (χ0n) is 12.0. The second-order valence-electron chi connectivity index (χ2n) is 5.44. The average molecular weight is 346 g/mol. The highest BCUT2D eigenvalue weighted by Crippen LogP contribution is 2.30. The van der Waals surface area contributed by atoms with E-state index < -0.39 is 0 Å². The van der Waals surface area contributed by atoms with Crippen LogP contribution in [0.4, 0.5) is 0 Å². The summed E-state index contributed by atoms with van der Waals surface area (Å²) in [6, 6.07) is 21.2. The third-order valence-corrected chi connectivity index (χ3v) is 4.99. The normalized spacial score (nSPS) is 21.1. The van der Waals surface area contributed by atoms with Crippen molar-refractivity contribution in [3.63, 3.8) is 0 Å². The molecule has 1 aliphatic rings. The van der Waals surface area contributed by atoms with Crippen LogP contribution in [0.5, 0.6) is 0 Å². The van der Waals surface area contributed by atoms with Crippen LogP contribution in [0, 0.1) is 0 Å². The van der Waals surface area contributed by atoms with Gasteiger partial charge >= 0.3 is 0 Å². The average Bonchev–Trinajstić information content (AvgIpc) is 2.56. The van der Waals surface area contributed by atoms with Gasteiger partial charge in [-0.2, -0.15) is 0 Å². The molecular weight excluding hydrogens is 326 g/mol. The fraction of sp³-hybridized carbons (Fsp3) is 0.333. The number of hydrogen-bond donors (Lipinski definition) is 0. The molecule has 1 saturated heterocycles. The van der Waals surface area contributed by atoms with Crippen molar-refractivity contribution < 1.29 is 4.74 Å². The van der Waals surface area contributed by atoms with Crippen LogP contribution in [0.3, 0.4) is 0 Å². The number of morpholine rings is 1. The van der Waals surface area contributed by atoms with Crippen molar-refractivity contribution in [2.45, 2.75) is 17.5 Å². The maximum atomic E-state index is 5.97. The lowest BCUT2D eigenvalue weighted by atomic mass is 10.1. The molecule has 2 nitrogen and oxygen atoms in total. The molecule has 3 heteroatoms. The van der Waals surface area contributed by atoms with E-state index in [1.807, 2.05) is 6.07 Å². The Bertz CT molecular complexity index is 546. The first-order valence-corrected chi connectivity index (χ1v) is 8.31. The molecule has 2 aromatic rings. The quantitative estimate of drug-likeness (QED) is 0.776. The van der Waals surface area contributed by atoms with E-state index in [2.05, 4.69) is 75.4 Å². The second kappa shape index (κ2) is 7.21. The lowest BCUT2D eigenvalue weighted by molar-refractivity contribution is -0.0310. The predicted octanol–water partition coefficient (Wildman–Crippen LogP) is 4.02. The smallest absolute Gasteiger partial charge is 0.0868 e. The summed E-state index contributed by atoms with van der Waals surface area (Å²) in [5.41, 5.74) is 2.65. The zero-order valence-corrected chi connectivity index (χ0v) is 13.6. The van der Waals surface area contributed by atoms with Crippen LogP contribution in [-0.2, 0) is 11.3 Å². The molecule has 0 saturated carbocycles. The number of hydrogen-bond acceptors (Lipinski definition) is 2. The molecular formula is C18H20BrNO. The molecule has 0 spiro atoms. The fourth-order valence-corrected chi connectivity index (χ4v) is 3.37. The first kappa shape index (κ1) is 14.8. The van der Waals surface area contributed by atoms with E-state index in [0.29, 0.717) is 0 Å². The Labute approximate surface area is 134 Å². The van der Waals surface area contributed by atoms with Crippen molar-refractivity contribution in [3.8, 4) is 0 Å². The summed E-state index contributed by atoms with van der Waals surface area (Å²) in [4.78, 5) is 2.72. The number of benzene rings is 2. The molecule has 0 amide bonds. The highest BCUT2D eigenvalue weighted by atomic mass is 79.9. The Balaban J connectivity index is 1.63. The minimum atomic E-state index is 0.199. The fourth-order valence-electron chi connectivity index (χ4n) is 2.75. The third kappa shape index (κ3) is 3.94. The predicted molar refractivity (Wildman–Crippen MR) is 89.6 cm³/mol. The molecule has 1 fully saturated rings. The Morgan fingerprint density at radius 2 is 1.71 bits per heavy atom. The topological polar surface area (TPSA) is 12.5 Å². The van der Waals surface area contributed by atoms with Crippen LogP contribution in [0.15, 0.2) is 60.7 Å². The standard InChI is InChI=1S/C18H20BrNO/c19-18(16-9-5-2-6-10-16)17-14-20(11-12-21-17)13-15-7-3-1-4-8-15/h1-10,17-18H,11-14H2/t17-,18+/m0/s1. The number of alkyl halides is 1. The van der Waals surface area contributed by atoms with Crippen molar-refractivity contribution in [1.29, 1.82) is 0 Å². The molecule has 2 aromatic carbocycles. The van der Waals surface area contributed by atoms with E-state index in [1.54, 1.807) is 0 Å². The SMILES string of the molecule is Br[C@H](c1ccccc1)[C@@H]1CN(Cc2ccccc2)CCO1. The van der Waals surface area contributed by atoms with E-state index >= 15 is 0 Å². The lowest BCUT2D eigenvalue weighted by Crippen LogP contribution is -2.43. The van der Waals surface area contributed by atoms with Gasteiger partial charge in [-0.15, -0.1) is 0 Å². The summed E-state index contributed by atoms with van der Waals surface area (Å²) in [5, 5.41) is 0. The summed E-state index contributed by atoms with van der Waals surface area (Å²) < 4.78 is 5.97. The first-order valence-electron chi connectivity index (χ1n) is 7.40. The molecule has 1 aliphatic heterocycles. The zero-order chi connectivity index (χ0) is 14.5. The molecule has 3 rings (SSSR count). The van der Waals surface area contributed by atoms with Gasteiger partial charge in [-0.05, 0) is 11.1 Å². The van der Waals surface area contributed by atoms with Crippen molar-refractivity contribution in [1.82, 2.24) is 4.90 Å². The molecule has 0 bridgehead atoms. The Kier molecular flexibility index (Phi) is 5.07. The molecule has 2 atom stereocenters. The molecule has 0 aromatic heterocycles. The van der Waals surface area contributed by atoms with Gasteiger partial charge in [-0.3, -0.25) is 4.90 Å². The molecule has 0 aliphatic carbocycles. The summed E-state index contributed by atoms with van der Waals surface area (Å²) in [6.07, 6.45) is 0.199. The molecule has 21 heavy (non-hydrogen) atoms. The van der Waals surface area contributed by atoms with Crippen LogP contribution >= 0.6 is 15.9 Å². The molecule has 0 radical (unpaired) electrons. The monoisotopic (exact) mass is 345 g/mol. The first-order chi connectivity index (χ1) is 10.3. The van der Waals surface area contributed by atoms with Gasteiger partial charge in [0.2, 0.25) is 0 Å². The van der Waals surface area contributed by atoms with Crippen LogP contribution in [0.2, 0.25) is 0 Å². The van der Waals surface area contributed by atoms with E-state index in [-0.39, 0.29) is 10.9 Å². The highest BCUT2D eigenvalue weighted by Gasteiger charge is 2.27. The summed E-state index contributed by atoms with van der Waals surface area (Å²) in [7, 11) is 0. The van der Waals surface area contributed by atoms with Crippen LogP contribution in [0.1, 0.15) is 16.0 Å². The van der Waals surface area contributed by atoms with Gasteiger partial charge in [-0.1, -0.05) is 76.6 Å². The van der Waals surface area contributed by atoms with Crippen LogP contribution < -0.4 is 0 Å². The number of ether oxygens (including phenoxy) is 1.